The Morgan fingerprint density at radius 2 is 0.962 bits per heavy atom. The molecule has 1 aliphatic carbocycles. The van der Waals surface area contributed by atoms with Gasteiger partial charge in [0.2, 0.25) is 0 Å². The smallest absolute Gasteiger partial charge is 0.178 e. The molecule has 252 valence electrons. The number of aromatic nitrogens is 2. The summed E-state index contributed by atoms with van der Waals surface area (Å²) in [6, 6.07) is 58.7. The highest BCUT2D eigenvalue weighted by atomic mass is 16.6. The van der Waals surface area contributed by atoms with Crippen molar-refractivity contribution in [2.45, 2.75) is 19.3 Å². The topological polar surface area (TPSA) is 44.2 Å². The summed E-state index contributed by atoms with van der Waals surface area (Å²) in [5.41, 5.74) is 13.6. The molecule has 0 saturated heterocycles. The van der Waals surface area contributed by atoms with E-state index >= 15 is 0 Å². The van der Waals surface area contributed by atoms with E-state index in [1.54, 1.807) is 0 Å². The number of rotatable bonds is 5. The monoisotopic (exact) mass is 682 g/mol. The number of fused-ring (bicyclic) bond motifs is 6. The molecule has 4 heteroatoms. The van der Waals surface area contributed by atoms with Crippen molar-refractivity contribution < 1.29 is 9.47 Å². The van der Waals surface area contributed by atoms with E-state index in [4.69, 9.17) is 19.4 Å². The third-order valence-corrected chi connectivity index (χ3v) is 10.6. The maximum Gasteiger partial charge on any atom is 0.178 e. The van der Waals surface area contributed by atoms with Gasteiger partial charge in [0, 0.05) is 33.2 Å². The highest BCUT2D eigenvalue weighted by Gasteiger charge is 2.39. The lowest BCUT2D eigenvalue weighted by Crippen LogP contribution is -2.15. The quantitative estimate of drug-likeness (QED) is 0.181. The van der Waals surface area contributed by atoms with Gasteiger partial charge < -0.3 is 9.47 Å². The molecule has 4 nitrogen and oxygen atoms in total. The molecule has 1 aliphatic heterocycles. The van der Waals surface area contributed by atoms with E-state index in [9.17, 15) is 0 Å². The number of para-hydroxylation sites is 1. The summed E-state index contributed by atoms with van der Waals surface area (Å²) in [6.45, 7) is 4.56. The Morgan fingerprint density at radius 1 is 0.396 bits per heavy atom. The van der Waals surface area contributed by atoms with Crippen molar-refractivity contribution >= 4 is 0 Å². The maximum absolute atomic E-state index is 6.95. The van der Waals surface area contributed by atoms with Gasteiger partial charge in [-0.15, -0.1) is 0 Å². The molecule has 1 aromatic heterocycles. The third-order valence-electron chi connectivity index (χ3n) is 10.6. The summed E-state index contributed by atoms with van der Waals surface area (Å²) in [4.78, 5) is 10.2. The molecule has 0 N–H and O–H groups in total. The minimum absolute atomic E-state index is 0.143. The van der Waals surface area contributed by atoms with E-state index in [1.165, 1.54) is 16.7 Å². The van der Waals surface area contributed by atoms with Gasteiger partial charge >= 0.3 is 0 Å². The third kappa shape index (κ3) is 5.22. The van der Waals surface area contributed by atoms with E-state index < -0.39 is 0 Å². The molecular formula is C49H34N2O2. The summed E-state index contributed by atoms with van der Waals surface area (Å²) in [7, 11) is 0. The van der Waals surface area contributed by atoms with Crippen LogP contribution in [-0.4, -0.2) is 9.97 Å². The number of hydrogen-bond acceptors (Lipinski definition) is 4. The molecule has 0 radical (unpaired) electrons. The second-order valence-corrected chi connectivity index (χ2v) is 14.2. The minimum atomic E-state index is -0.143. The lowest BCUT2D eigenvalue weighted by atomic mass is 9.82. The summed E-state index contributed by atoms with van der Waals surface area (Å²) in [5.74, 6) is 3.57. The van der Waals surface area contributed by atoms with Crippen molar-refractivity contribution in [2.24, 2.45) is 0 Å². The van der Waals surface area contributed by atoms with E-state index in [1.807, 2.05) is 42.5 Å². The zero-order valence-electron chi connectivity index (χ0n) is 29.4. The van der Waals surface area contributed by atoms with Crippen LogP contribution in [0.5, 0.6) is 23.0 Å². The van der Waals surface area contributed by atoms with Crippen LogP contribution in [0.2, 0.25) is 0 Å². The maximum atomic E-state index is 6.95. The Hall–Kier alpha value is -6.78. The molecule has 0 amide bonds. The zero-order valence-corrected chi connectivity index (χ0v) is 29.4. The molecule has 0 spiro atoms. The van der Waals surface area contributed by atoms with Crippen LogP contribution in [0.1, 0.15) is 25.0 Å². The van der Waals surface area contributed by atoms with E-state index in [0.717, 1.165) is 67.4 Å². The first-order chi connectivity index (χ1) is 26.0. The van der Waals surface area contributed by atoms with Crippen LogP contribution in [0.3, 0.4) is 0 Å². The van der Waals surface area contributed by atoms with Crippen molar-refractivity contribution in [3.8, 4) is 90.3 Å². The number of nitrogens with zero attached hydrogens (tertiary/aromatic N) is 2. The fraction of sp³-hybridized carbons (Fsp3) is 0.0612. The predicted molar refractivity (Wildman–Crippen MR) is 213 cm³/mol. The van der Waals surface area contributed by atoms with Gasteiger partial charge in [-0.2, -0.15) is 0 Å². The largest absolute Gasteiger partial charge is 0.449 e. The molecule has 53 heavy (non-hydrogen) atoms. The molecule has 0 fully saturated rings. The Kier molecular flexibility index (Phi) is 7.12. The van der Waals surface area contributed by atoms with Gasteiger partial charge in [0.25, 0.3) is 0 Å². The molecule has 0 bridgehead atoms. The molecule has 7 aromatic carbocycles. The fourth-order valence-electron chi connectivity index (χ4n) is 7.87. The lowest BCUT2D eigenvalue weighted by molar-refractivity contribution is 0.361. The van der Waals surface area contributed by atoms with Crippen LogP contribution in [0.4, 0.5) is 0 Å². The number of ether oxygens (including phenoxy) is 2. The van der Waals surface area contributed by atoms with Crippen molar-refractivity contribution in [3.63, 3.8) is 0 Å². The molecule has 2 aliphatic rings. The highest BCUT2D eigenvalue weighted by Crippen LogP contribution is 2.59. The molecule has 2 heterocycles. The summed E-state index contributed by atoms with van der Waals surface area (Å²) in [5, 5.41) is 0. The molecule has 0 saturated carbocycles. The Bertz CT molecular complexity index is 2700. The Labute approximate surface area is 309 Å². The first-order valence-corrected chi connectivity index (χ1v) is 18.0. The summed E-state index contributed by atoms with van der Waals surface area (Å²) in [6.07, 6.45) is 0. The van der Waals surface area contributed by atoms with Crippen LogP contribution in [0.25, 0.3) is 67.3 Å². The van der Waals surface area contributed by atoms with E-state index in [-0.39, 0.29) is 5.41 Å². The highest BCUT2D eigenvalue weighted by molar-refractivity contribution is 5.89. The van der Waals surface area contributed by atoms with Gasteiger partial charge in [-0.3, -0.25) is 0 Å². The standard InChI is InChI=1S/C49H34N2O2/c1-49(2)39-24-10-9-22-38(39)45-40(49)26-27-44-47(45)53-46-37(23-13-25-43(46)52-44)34-19-12-21-36(29-34)42-30-41(50-48(51-42)32-16-7-4-8-17-32)35-20-11-18-33(28-35)31-14-5-3-6-15-31/h3-30H,1-2H3. The number of benzene rings is 7. The van der Waals surface area contributed by atoms with Gasteiger partial charge in [-0.25, -0.2) is 9.97 Å². The molecule has 10 rings (SSSR count). The van der Waals surface area contributed by atoms with Crippen LogP contribution >= 0.6 is 0 Å². The van der Waals surface area contributed by atoms with Crippen molar-refractivity contribution in [2.75, 3.05) is 0 Å². The van der Waals surface area contributed by atoms with Crippen LogP contribution in [0.15, 0.2) is 170 Å². The normalized spacial score (nSPS) is 13.2. The van der Waals surface area contributed by atoms with Gasteiger partial charge in [0.1, 0.15) is 0 Å². The fourth-order valence-corrected chi connectivity index (χ4v) is 7.87. The average molecular weight is 683 g/mol. The van der Waals surface area contributed by atoms with Crippen LogP contribution in [-0.2, 0) is 5.41 Å². The summed E-state index contributed by atoms with van der Waals surface area (Å²) >= 11 is 0. The second kappa shape index (κ2) is 12.2. The second-order valence-electron chi connectivity index (χ2n) is 14.2. The van der Waals surface area contributed by atoms with Gasteiger partial charge in [-0.05, 0) is 63.7 Å². The first kappa shape index (κ1) is 31.0. The van der Waals surface area contributed by atoms with Crippen LogP contribution in [0, 0.1) is 0 Å². The SMILES string of the molecule is CC1(C)c2ccccc2-c2c1ccc1c2Oc2c(cccc2-c2cccc(-c3cc(-c4cccc(-c5ccccc5)c4)nc(-c4ccccc4)n3)c2)O1. The van der Waals surface area contributed by atoms with E-state index in [2.05, 4.69) is 141 Å². The first-order valence-electron chi connectivity index (χ1n) is 18.0. The van der Waals surface area contributed by atoms with Crippen LogP contribution < -0.4 is 9.47 Å². The molecule has 0 unspecified atom stereocenters. The van der Waals surface area contributed by atoms with E-state index in [0.29, 0.717) is 17.3 Å². The Morgan fingerprint density at radius 3 is 1.72 bits per heavy atom. The van der Waals surface area contributed by atoms with Crippen molar-refractivity contribution in [1.29, 1.82) is 0 Å². The number of hydrogen-bond donors (Lipinski definition) is 0. The Balaban J connectivity index is 1.08. The van der Waals surface area contributed by atoms with Gasteiger partial charge in [-0.1, -0.05) is 153 Å². The summed E-state index contributed by atoms with van der Waals surface area (Å²) < 4.78 is 13.5. The average Bonchev–Trinajstić information content (AvgIpc) is 3.46. The lowest BCUT2D eigenvalue weighted by Gasteiger charge is -2.26. The van der Waals surface area contributed by atoms with Crippen molar-refractivity contribution in [3.05, 3.63) is 181 Å². The minimum Gasteiger partial charge on any atom is -0.449 e. The van der Waals surface area contributed by atoms with Gasteiger partial charge in [0.15, 0.2) is 28.8 Å². The van der Waals surface area contributed by atoms with Gasteiger partial charge in [0.05, 0.1) is 11.4 Å². The molecule has 0 atom stereocenters. The molecular weight excluding hydrogens is 649 g/mol. The molecule has 8 aromatic rings. The van der Waals surface area contributed by atoms with Crippen molar-refractivity contribution in [1.82, 2.24) is 9.97 Å². The zero-order chi connectivity index (χ0) is 35.5. The predicted octanol–water partition coefficient (Wildman–Crippen LogP) is 13.0.